The number of aromatic carboxylic acids is 1. The zero-order valence-electron chi connectivity index (χ0n) is 7.24. The monoisotopic (exact) mass is 183 g/mol. The Kier molecular flexibility index (Phi) is 2.76. The molecule has 0 bridgehead atoms. The average molecular weight is 183 g/mol. The van der Waals surface area contributed by atoms with Crippen LogP contribution in [0.3, 0.4) is 0 Å². The summed E-state index contributed by atoms with van der Waals surface area (Å²) in [5, 5.41) is 8.65. The number of hydrogen-bond acceptors (Lipinski definition) is 5. The summed E-state index contributed by atoms with van der Waals surface area (Å²) in [4.78, 5) is 22.7. The number of nitrogens with one attached hydrogen (secondary N) is 1. The third-order valence-corrected chi connectivity index (χ3v) is 1.40. The molecule has 2 N–H and O–H groups in total. The van der Waals surface area contributed by atoms with Crippen molar-refractivity contribution < 1.29 is 14.7 Å². The molecule has 0 saturated carbocycles. The van der Waals surface area contributed by atoms with E-state index in [-0.39, 0.29) is 11.5 Å². The molecule has 6 nitrogen and oxygen atoms in total. The first-order valence-electron chi connectivity index (χ1n) is 3.51. The molecule has 0 aliphatic carbocycles. The summed E-state index contributed by atoms with van der Waals surface area (Å²) in [6.07, 6.45) is 1.23. The molecule has 1 aromatic heterocycles. The Morgan fingerprint density at radius 2 is 2.38 bits per heavy atom. The van der Waals surface area contributed by atoms with Crippen molar-refractivity contribution in [3.05, 3.63) is 17.5 Å². The van der Waals surface area contributed by atoms with E-state index >= 15 is 0 Å². The number of carboxylic acids is 1. The van der Waals surface area contributed by atoms with E-state index in [0.717, 1.165) is 0 Å². The highest BCUT2D eigenvalue weighted by Crippen LogP contribution is 2.06. The van der Waals surface area contributed by atoms with Crippen LogP contribution >= 0.6 is 0 Å². The summed E-state index contributed by atoms with van der Waals surface area (Å²) >= 11 is 0. The predicted octanol–water partition coefficient (Wildman–Crippen LogP) is 0.457. The van der Waals surface area contributed by atoms with Gasteiger partial charge in [-0.3, -0.25) is 4.84 Å². The van der Waals surface area contributed by atoms with Crippen LogP contribution in [0.25, 0.3) is 0 Å². The Morgan fingerprint density at radius 1 is 1.69 bits per heavy atom. The maximum Gasteiger partial charge on any atom is 0.339 e. The van der Waals surface area contributed by atoms with Gasteiger partial charge in [-0.05, 0) is 6.92 Å². The van der Waals surface area contributed by atoms with Gasteiger partial charge < -0.3 is 5.11 Å². The SMILES string of the molecule is CONc1ncc(C(=O)O)c(C)n1. The van der Waals surface area contributed by atoms with Crippen molar-refractivity contribution in [3.63, 3.8) is 0 Å². The molecule has 1 rings (SSSR count). The van der Waals surface area contributed by atoms with Crippen LogP contribution in [-0.2, 0) is 4.84 Å². The van der Waals surface area contributed by atoms with Gasteiger partial charge in [-0.1, -0.05) is 0 Å². The zero-order chi connectivity index (χ0) is 9.84. The first-order valence-corrected chi connectivity index (χ1v) is 3.51. The second-order valence-electron chi connectivity index (χ2n) is 2.30. The third-order valence-electron chi connectivity index (χ3n) is 1.40. The number of carbonyl (C=O) groups is 1. The van der Waals surface area contributed by atoms with E-state index in [9.17, 15) is 4.79 Å². The highest BCUT2D eigenvalue weighted by Gasteiger charge is 2.09. The summed E-state index contributed by atoms with van der Waals surface area (Å²) in [7, 11) is 1.42. The summed E-state index contributed by atoms with van der Waals surface area (Å²) in [5.74, 6) is -0.800. The van der Waals surface area contributed by atoms with Crippen molar-refractivity contribution in [1.29, 1.82) is 0 Å². The van der Waals surface area contributed by atoms with E-state index in [1.807, 2.05) is 0 Å². The van der Waals surface area contributed by atoms with Crippen molar-refractivity contribution in [2.45, 2.75) is 6.92 Å². The van der Waals surface area contributed by atoms with Gasteiger partial charge in [-0.2, -0.15) is 0 Å². The normalized spacial score (nSPS) is 9.69. The molecular weight excluding hydrogens is 174 g/mol. The Balaban J connectivity index is 2.98. The third kappa shape index (κ3) is 2.12. The zero-order valence-corrected chi connectivity index (χ0v) is 7.24. The number of hydrogen-bond donors (Lipinski definition) is 2. The van der Waals surface area contributed by atoms with Crippen LogP contribution in [0.5, 0.6) is 0 Å². The molecule has 0 aliphatic rings. The topological polar surface area (TPSA) is 84.3 Å². The molecule has 0 atom stereocenters. The van der Waals surface area contributed by atoms with Crippen molar-refractivity contribution >= 4 is 11.9 Å². The van der Waals surface area contributed by atoms with Gasteiger partial charge in [0.05, 0.1) is 18.4 Å². The first kappa shape index (κ1) is 9.40. The molecule has 6 heteroatoms. The van der Waals surface area contributed by atoms with E-state index in [1.165, 1.54) is 13.3 Å². The smallest absolute Gasteiger partial charge is 0.339 e. The van der Waals surface area contributed by atoms with E-state index < -0.39 is 5.97 Å². The summed E-state index contributed by atoms with van der Waals surface area (Å²) in [5.41, 5.74) is 2.87. The lowest BCUT2D eigenvalue weighted by Gasteiger charge is -2.03. The average Bonchev–Trinajstić information content (AvgIpc) is 2.04. The van der Waals surface area contributed by atoms with Crippen LogP contribution in [0, 0.1) is 6.92 Å². The van der Waals surface area contributed by atoms with Crippen molar-refractivity contribution in [2.75, 3.05) is 12.6 Å². The number of anilines is 1. The molecule has 1 aromatic rings. The molecule has 0 unspecified atom stereocenters. The van der Waals surface area contributed by atoms with Gasteiger partial charge in [-0.15, -0.1) is 0 Å². The van der Waals surface area contributed by atoms with Gasteiger partial charge in [0.15, 0.2) is 0 Å². The van der Waals surface area contributed by atoms with Crippen LogP contribution in [0.2, 0.25) is 0 Å². The molecule has 0 saturated heterocycles. The molecule has 0 aliphatic heterocycles. The van der Waals surface area contributed by atoms with Gasteiger partial charge in [0.25, 0.3) is 0 Å². The van der Waals surface area contributed by atoms with E-state index in [0.29, 0.717) is 5.69 Å². The molecule has 0 radical (unpaired) electrons. The van der Waals surface area contributed by atoms with Gasteiger partial charge in [0.1, 0.15) is 0 Å². The lowest BCUT2D eigenvalue weighted by atomic mass is 10.2. The van der Waals surface area contributed by atoms with Crippen LogP contribution in [0.1, 0.15) is 16.1 Å². The molecule has 1 heterocycles. The largest absolute Gasteiger partial charge is 0.478 e. The number of nitrogens with zero attached hydrogens (tertiary/aromatic N) is 2. The van der Waals surface area contributed by atoms with Crippen molar-refractivity contribution in [1.82, 2.24) is 9.97 Å². The fraction of sp³-hybridized carbons (Fsp3) is 0.286. The number of rotatable bonds is 3. The van der Waals surface area contributed by atoms with E-state index in [1.54, 1.807) is 6.92 Å². The van der Waals surface area contributed by atoms with Gasteiger partial charge in [0.2, 0.25) is 5.95 Å². The van der Waals surface area contributed by atoms with Crippen LogP contribution in [0.15, 0.2) is 6.20 Å². The van der Waals surface area contributed by atoms with Crippen LogP contribution < -0.4 is 5.48 Å². The van der Waals surface area contributed by atoms with Crippen molar-refractivity contribution in [3.8, 4) is 0 Å². The van der Waals surface area contributed by atoms with E-state index in [2.05, 4.69) is 20.3 Å². The Morgan fingerprint density at radius 3 is 2.85 bits per heavy atom. The van der Waals surface area contributed by atoms with Crippen LogP contribution in [-0.4, -0.2) is 28.2 Å². The standard InChI is InChI=1S/C7H9N3O3/c1-4-5(6(11)12)3-8-7(9-4)10-13-2/h3H,1-2H3,(H,11,12)(H,8,9,10). The van der Waals surface area contributed by atoms with Gasteiger partial charge >= 0.3 is 5.97 Å². The fourth-order valence-electron chi connectivity index (χ4n) is 0.817. The number of carboxylic acid groups (broad SMARTS) is 1. The number of aromatic nitrogens is 2. The Bertz CT molecular complexity index is 327. The lowest BCUT2D eigenvalue weighted by molar-refractivity contribution is 0.0695. The highest BCUT2D eigenvalue weighted by molar-refractivity contribution is 5.88. The maximum atomic E-state index is 10.6. The summed E-state index contributed by atoms with van der Waals surface area (Å²) < 4.78 is 0. The summed E-state index contributed by atoms with van der Waals surface area (Å²) in [6, 6.07) is 0. The second kappa shape index (κ2) is 3.81. The molecule has 70 valence electrons. The molecule has 0 fully saturated rings. The quantitative estimate of drug-likeness (QED) is 0.662. The summed E-state index contributed by atoms with van der Waals surface area (Å²) in [6.45, 7) is 1.59. The minimum atomic E-state index is -1.04. The highest BCUT2D eigenvalue weighted by atomic mass is 16.6. The molecular formula is C7H9N3O3. The minimum Gasteiger partial charge on any atom is -0.478 e. The lowest BCUT2D eigenvalue weighted by Crippen LogP contribution is -2.07. The number of aryl methyl sites for hydroxylation is 1. The Labute approximate surface area is 74.5 Å². The molecule has 0 amide bonds. The minimum absolute atomic E-state index is 0.0849. The maximum absolute atomic E-state index is 10.6. The van der Waals surface area contributed by atoms with Gasteiger partial charge in [-0.25, -0.2) is 20.2 Å². The fourth-order valence-corrected chi connectivity index (χ4v) is 0.817. The second-order valence-corrected chi connectivity index (χ2v) is 2.30. The van der Waals surface area contributed by atoms with E-state index in [4.69, 9.17) is 5.11 Å². The van der Waals surface area contributed by atoms with Crippen LogP contribution in [0.4, 0.5) is 5.95 Å². The predicted molar refractivity (Wildman–Crippen MR) is 44.4 cm³/mol. The molecule has 0 aromatic carbocycles. The Hall–Kier alpha value is -1.69. The first-order chi connectivity index (χ1) is 6.15. The van der Waals surface area contributed by atoms with Gasteiger partial charge in [0, 0.05) is 6.20 Å². The molecule has 13 heavy (non-hydrogen) atoms. The van der Waals surface area contributed by atoms with Crippen molar-refractivity contribution in [2.24, 2.45) is 0 Å². The molecule has 0 spiro atoms.